The van der Waals surface area contributed by atoms with Gasteiger partial charge in [0.1, 0.15) is 0 Å². The van der Waals surface area contributed by atoms with Gasteiger partial charge in [-0.25, -0.2) is 0 Å². The molecule has 0 aliphatic carbocycles. The largest absolute Gasteiger partial charge is 0.416 e. The first-order valence-corrected chi connectivity index (χ1v) is 19.8. The van der Waals surface area contributed by atoms with Gasteiger partial charge in [-0.1, -0.05) is 84.9 Å². The number of aromatic nitrogens is 2. The molecule has 0 aliphatic rings. The molecule has 2 heterocycles. The summed E-state index contributed by atoms with van der Waals surface area (Å²) in [5.74, 6) is 0. The molecule has 0 atom stereocenters. The van der Waals surface area contributed by atoms with Crippen LogP contribution in [0.3, 0.4) is 0 Å². The average Bonchev–Trinajstić information content (AvgIpc) is 3.82. The van der Waals surface area contributed by atoms with E-state index in [2.05, 4.69) is 18.2 Å². The zero-order chi connectivity index (χ0) is 44.5. The van der Waals surface area contributed by atoms with Gasteiger partial charge in [0.25, 0.3) is 0 Å². The molecule has 0 unspecified atom stereocenters. The summed E-state index contributed by atoms with van der Waals surface area (Å²) in [6.45, 7) is 0. The maximum Gasteiger partial charge on any atom is 0.416 e. The molecule has 10 rings (SSSR count). The molecule has 0 aliphatic heterocycles. The third-order valence-electron chi connectivity index (χ3n) is 11.6. The summed E-state index contributed by atoms with van der Waals surface area (Å²) < 4.78 is 90.2. The molecule has 8 aromatic carbocycles. The van der Waals surface area contributed by atoms with Crippen LogP contribution >= 0.6 is 0 Å². The van der Waals surface area contributed by atoms with Gasteiger partial charge < -0.3 is 9.13 Å². The first-order chi connectivity index (χ1) is 30.8. The van der Waals surface area contributed by atoms with Crippen LogP contribution in [-0.4, -0.2) is 9.13 Å². The number of alkyl halides is 6. The van der Waals surface area contributed by atoms with E-state index in [4.69, 9.17) is 0 Å². The lowest BCUT2D eigenvalue weighted by Gasteiger charge is -2.21. The van der Waals surface area contributed by atoms with Crippen molar-refractivity contribution in [1.82, 2.24) is 9.13 Å². The Kier molecular flexibility index (Phi) is 9.14. The predicted octanol–water partition coefficient (Wildman–Crippen LogP) is 14.5. The van der Waals surface area contributed by atoms with Gasteiger partial charge in [-0.2, -0.15) is 42.1 Å². The molecule has 0 saturated carbocycles. The molecule has 64 heavy (non-hydrogen) atoms. The third-order valence-corrected chi connectivity index (χ3v) is 11.6. The van der Waals surface area contributed by atoms with Crippen molar-refractivity contribution in [2.24, 2.45) is 0 Å². The number of hydrogen-bond acceptors (Lipinski definition) is 3. The molecule has 2 aromatic heterocycles. The van der Waals surface area contributed by atoms with E-state index >= 15 is 0 Å². The molecule has 5 nitrogen and oxygen atoms in total. The fraction of sp³-hybridized carbons (Fsp3) is 0.0377. The first kappa shape index (κ1) is 39.5. The molecule has 10 aromatic rings. The highest BCUT2D eigenvalue weighted by atomic mass is 19.4. The Hall–Kier alpha value is -8.59. The number of nitrogens with zero attached hydrogens (tertiary/aromatic N) is 5. The number of rotatable bonds is 5. The zero-order valence-electron chi connectivity index (χ0n) is 33.1. The van der Waals surface area contributed by atoms with Crippen LogP contribution in [0.4, 0.5) is 26.3 Å². The van der Waals surface area contributed by atoms with Crippen molar-refractivity contribution in [3.8, 4) is 63.0 Å². The second-order valence-electron chi connectivity index (χ2n) is 15.3. The second-order valence-corrected chi connectivity index (χ2v) is 15.3. The highest BCUT2D eigenvalue weighted by Gasteiger charge is 2.37. The highest BCUT2D eigenvalue weighted by molar-refractivity contribution is 6.13. The zero-order valence-corrected chi connectivity index (χ0v) is 33.1. The minimum atomic E-state index is -5.13. The van der Waals surface area contributed by atoms with Crippen LogP contribution in [0.15, 0.2) is 164 Å². The van der Waals surface area contributed by atoms with Crippen molar-refractivity contribution in [1.29, 1.82) is 15.8 Å². The van der Waals surface area contributed by atoms with Crippen molar-refractivity contribution in [2.45, 2.75) is 12.4 Å². The Balaban J connectivity index is 1.37. The standard InChI is InChI=1S/C53H27F6N5/c54-52(55,56)39-21-37(22-40(26-39)53(57,58)59)45-27-51(64-47-14-4-2-12-42(47)44-18-16-36(24-49(44)64)34-10-6-8-32(20-34)29-61)50(25-38(45)30-62)63-46-13-3-1-11-41(46)43-17-15-35(23-48(43)63)33-9-5-7-31(19-33)28-60/h1-27H. The van der Waals surface area contributed by atoms with E-state index in [0.717, 1.165) is 43.8 Å². The topological polar surface area (TPSA) is 81.2 Å². The van der Waals surface area contributed by atoms with E-state index in [1.807, 2.05) is 106 Å². The molecular formula is C53H27F6N5. The van der Waals surface area contributed by atoms with E-state index in [0.29, 0.717) is 56.7 Å². The molecule has 0 spiro atoms. The van der Waals surface area contributed by atoms with Crippen molar-refractivity contribution in [3.63, 3.8) is 0 Å². The molecule has 0 bridgehead atoms. The van der Waals surface area contributed by atoms with Gasteiger partial charge in [0.2, 0.25) is 0 Å². The second kappa shape index (κ2) is 14.8. The normalized spacial score (nSPS) is 11.9. The smallest absolute Gasteiger partial charge is 0.307 e. The van der Waals surface area contributed by atoms with Crippen molar-refractivity contribution in [3.05, 3.63) is 192 Å². The lowest BCUT2D eigenvalue weighted by Crippen LogP contribution is -2.11. The SMILES string of the molecule is N#Cc1cccc(-c2ccc3c4ccccc4n(-c4cc(C#N)c(-c5cc(C(F)(F)F)cc(C(F)(F)F)c5)cc4-n4c5ccccc5c5ccc(-c6cccc(C#N)c6)cc54)c3c2)c1. The van der Waals surface area contributed by atoms with E-state index in [9.17, 15) is 42.1 Å². The lowest BCUT2D eigenvalue weighted by molar-refractivity contribution is -0.143. The Morgan fingerprint density at radius 3 is 1.25 bits per heavy atom. The van der Waals surface area contributed by atoms with Crippen LogP contribution in [0, 0.1) is 34.0 Å². The Labute approximate surface area is 360 Å². The van der Waals surface area contributed by atoms with E-state index in [1.165, 1.54) is 12.1 Å². The molecule has 0 amide bonds. The monoisotopic (exact) mass is 847 g/mol. The molecule has 0 fully saturated rings. The average molecular weight is 848 g/mol. The fourth-order valence-electron chi connectivity index (χ4n) is 8.73. The van der Waals surface area contributed by atoms with Crippen LogP contribution in [0.1, 0.15) is 27.8 Å². The molecule has 306 valence electrons. The Bertz CT molecular complexity index is 3670. The van der Waals surface area contributed by atoms with Gasteiger partial charge in [0.15, 0.2) is 0 Å². The van der Waals surface area contributed by atoms with Gasteiger partial charge in [0.05, 0.1) is 79.5 Å². The van der Waals surface area contributed by atoms with E-state index in [1.54, 1.807) is 36.4 Å². The van der Waals surface area contributed by atoms with Crippen LogP contribution in [0.25, 0.3) is 88.4 Å². The van der Waals surface area contributed by atoms with Crippen molar-refractivity contribution < 1.29 is 26.3 Å². The summed E-state index contributed by atoms with van der Waals surface area (Å²) in [5.41, 5.74) is 3.67. The quantitative estimate of drug-likeness (QED) is 0.162. The summed E-state index contributed by atoms with van der Waals surface area (Å²) in [6, 6.07) is 51.9. The summed E-state index contributed by atoms with van der Waals surface area (Å²) in [5, 5.41) is 33.5. The summed E-state index contributed by atoms with van der Waals surface area (Å²) >= 11 is 0. The van der Waals surface area contributed by atoms with E-state index < -0.39 is 29.0 Å². The van der Waals surface area contributed by atoms with Crippen LogP contribution in [0.5, 0.6) is 0 Å². The van der Waals surface area contributed by atoms with E-state index in [-0.39, 0.29) is 17.2 Å². The molecule has 0 saturated heterocycles. The number of para-hydroxylation sites is 2. The van der Waals surface area contributed by atoms with Crippen LogP contribution < -0.4 is 0 Å². The summed E-state index contributed by atoms with van der Waals surface area (Å²) in [6.07, 6.45) is -10.3. The highest BCUT2D eigenvalue weighted by Crippen LogP contribution is 2.45. The van der Waals surface area contributed by atoms with Gasteiger partial charge in [-0.05, 0) is 107 Å². The fourth-order valence-corrected chi connectivity index (χ4v) is 8.73. The summed E-state index contributed by atoms with van der Waals surface area (Å²) in [7, 11) is 0. The van der Waals surface area contributed by atoms with Crippen molar-refractivity contribution in [2.75, 3.05) is 0 Å². The molecule has 0 N–H and O–H groups in total. The number of benzene rings is 8. The van der Waals surface area contributed by atoms with Gasteiger partial charge in [0, 0.05) is 27.1 Å². The minimum absolute atomic E-state index is 0.0720. The number of nitriles is 3. The van der Waals surface area contributed by atoms with Gasteiger partial charge in [-0.3, -0.25) is 0 Å². The van der Waals surface area contributed by atoms with Crippen LogP contribution in [0.2, 0.25) is 0 Å². The summed E-state index contributed by atoms with van der Waals surface area (Å²) in [4.78, 5) is 0. The third kappa shape index (κ3) is 6.57. The lowest BCUT2D eigenvalue weighted by atomic mass is 9.94. The van der Waals surface area contributed by atoms with Gasteiger partial charge >= 0.3 is 12.4 Å². The number of hydrogen-bond donors (Lipinski definition) is 0. The molecule has 11 heteroatoms. The van der Waals surface area contributed by atoms with Crippen LogP contribution in [-0.2, 0) is 12.4 Å². The molecular weight excluding hydrogens is 821 g/mol. The predicted molar refractivity (Wildman–Crippen MR) is 236 cm³/mol. The number of halogens is 6. The van der Waals surface area contributed by atoms with Gasteiger partial charge in [-0.15, -0.1) is 0 Å². The number of fused-ring (bicyclic) bond motifs is 6. The molecule has 0 radical (unpaired) electrons. The Morgan fingerprint density at radius 2 is 0.797 bits per heavy atom. The first-order valence-electron chi connectivity index (χ1n) is 19.8. The maximum absolute atomic E-state index is 14.4. The van der Waals surface area contributed by atoms with Crippen molar-refractivity contribution >= 4 is 43.6 Å². The maximum atomic E-state index is 14.4. The minimum Gasteiger partial charge on any atom is -0.307 e. The Morgan fingerprint density at radius 1 is 0.359 bits per heavy atom.